The van der Waals surface area contributed by atoms with Gasteiger partial charge in [-0.1, -0.05) is 6.42 Å². The Bertz CT molecular complexity index is 1010. The summed E-state index contributed by atoms with van der Waals surface area (Å²) in [6, 6.07) is 2.95. The molecule has 0 radical (unpaired) electrons. The molecular formula is C16H28N8O4S2. The standard InChI is InChI=1S/C16H28N8O4S2/c17-10-3-1-2-6-24(9-10)12-4-5-13(29(25,26)11-7-19-8-11)15(30(18,27)28)14(12)16-20-22-23-21-16/h4-5,10-11,16,19-23H,1-3,6-9,17H2,(H2,18,27,28). The van der Waals surface area contributed by atoms with Gasteiger partial charge in [0.2, 0.25) is 10.0 Å². The van der Waals surface area contributed by atoms with Crippen LogP contribution in [-0.4, -0.2) is 54.3 Å². The summed E-state index contributed by atoms with van der Waals surface area (Å²) in [5, 5.41) is 7.81. The zero-order valence-corrected chi connectivity index (χ0v) is 18.0. The molecule has 1 unspecified atom stereocenters. The van der Waals surface area contributed by atoms with Gasteiger partial charge in [0.1, 0.15) is 11.1 Å². The first-order chi connectivity index (χ1) is 14.2. The molecule has 1 aromatic carbocycles. The number of primary sulfonamides is 1. The number of hydrazine groups is 3. The highest BCUT2D eigenvalue weighted by Gasteiger charge is 2.40. The molecule has 0 spiro atoms. The minimum atomic E-state index is -4.38. The smallest absolute Gasteiger partial charge is 0.239 e. The summed E-state index contributed by atoms with van der Waals surface area (Å²) in [5.74, 6) is 0. The van der Waals surface area contributed by atoms with Crippen molar-refractivity contribution in [2.24, 2.45) is 10.9 Å². The number of nitrogens with one attached hydrogen (secondary N) is 5. The first-order valence-electron chi connectivity index (χ1n) is 9.85. The van der Waals surface area contributed by atoms with Crippen LogP contribution in [0.3, 0.4) is 0 Å². The number of hydrogen-bond donors (Lipinski definition) is 7. The molecule has 3 heterocycles. The van der Waals surface area contributed by atoms with Gasteiger partial charge in [-0.05, 0) is 25.0 Å². The third-order valence-electron chi connectivity index (χ3n) is 5.74. The Hall–Kier alpha value is -1.36. The van der Waals surface area contributed by atoms with Crippen molar-refractivity contribution in [3.8, 4) is 0 Å². The van der Waals surface area contributed by atoms with E-state index >= 15 is 0 Å². The molecule has 0 bridgehead atoms. The van der Waals surface area contributed by atoms with E-state index in [0.29, 0.717) is 18.8 Å². The van der Waals surface area contributed by atoms with Gasteiger partial charge in [0, 0.05) is 43.5 Å². The van der Waals surface area contributed by atoms with Gasteiger partial charge in [-0.15, -0.1) is 0 Å². The molecule has 3 saturated heterocycles. The molecule has 3 fully saturated rings. The molecule has 14 heteroatoms. The summed E-state index contributed by atoms with van der Waals surface area (Å²) in [5.41, 5.74) is 18.1. The predicted octanol–water partition coefficient (Wildman–Crippen LogP) is -2.49. The van der Waals surface area contributed by atoms with Gasteiger partial charge < -0.3 is 16.0 Å². The van der Waals surface area contributed by atoms with E-state index in [2.05, 4.69) is 27.2 Å². The van der Waals surface area contributed by atoms with E-state index in [1.807, 2.05) is 4.90 Å². The maximum Gasteiger partial charge on any atom is 0.239 e. The molecule has 3 aliphatic heterocycles. The first kappa shape index (κ1) is 21.9. The van der Waals surface area contributed by atoms with Crippen molar-refractivity contribution < 1.29 is 16.8 Å². The van der Waals surface area contributed by atoms with Crippen LogP contribution in [-0.2, 0) is 19.9 Å². The summed E-state index contributed by atoms with van der Waals surface area (Å²) in [4.78, 5) is 1.34. The number of nitrogens with zero attached hydrogens (tertiary/aromatic N) is 1. The Morgan fingerprint density at radius 1 is 1.03 bits per heavy atom. The van der Waals surface area contributed by atoms with E-state index in [0.717, 1.165) is 19.3 Å². The molecule has 168 valence electrons. The number of sulfonamides is 1. The van der Waals surface area contributed by atoms with E-state index < -0.39 is 31.3 Å². The van der Waals surface area contributed by atoms with Gasteiger partial charge in [0.05, 0.1) is 10.1 Å². The quantitative estimate of drug-likeness (QED) is 0.247. The van der Waals surface area contributed by atoms with E-state index in [9.17, 15) is 16.8 Å². The lowest BCUT2D eigenvalue weighted by Gasteiger charge is -2.32. The van der Waals surface area contributed by atoms with Crippen molar-refractivity contribution in [1.82, 2.24) is 27.2 Å². The fourth-order valence-electron chi connectivity index (χ4n) is 4.09. The Balaban J connectivity index is 1.93. The minimum absolute atomic E-state index is 0.0662. The number of nitrogens with two attached hydrogens (primary N) is 2. The average molecular weight is 461 g/mol. The van der Waals surface area contributed by atoms with Crippen molar-refractivity contribution in [3.05, 3.63) is 17.7 Å². The Kier molecular flexibility index (Phi) is 6.04. The number of hydrogen-bond acceptors (Lipinski definition) is 11. The largest absolute Gasteiger partial charge is 0.370 e. The molecule has 0 amide bonds. The van der Waals surface area contributed by atoms with Crippen molar-refractivity contribution in [3.63, 3.8) is 0 Å². The molecular weight excluding hydrogens is 432 g/mol. The predicted molar refractivity (Wildman–Crippen MR) is 111 cm³/mol. The second-order valence-corrected chi connectivity index (χ2v) is 11.6. The monoisotopic (exact) mass is 460 g/mol. The summed E-state index contributed by atoms with van der Waals surface area (Å²) in [6.07, 6.45) is 2.01. The lowest BCUT2D eigenvalue weighted by Crippen LogP contribution is -2.51. The highest BCUT2D eigenvalue weighted by molar-refractivity contribution is 7.94. The topological polar surface area (TPSA) is 184 Å². The Morgan fingerprint density at radius 2 is 1.73 bits per heavy atom. The highest BCUT2D eigenvalue weighted by Crippen LogP contribution is 2.38. The average Bonchev–Trinajstić information content (AvgIpc) is 3.06. The zero-order valence-electron chi connectivity index (χ0n) is 16.4. The number of anilines is 1. The lowest BCUT2D eigenvalue weighted by atomic mass is 10.1. The first-order valence-corrected chi connectivity index (χ1v) is 12.9. The lowest BCUT2D eigenvalue weighted by molar-refractivity contribution is 0.491. The molecule has 9 N–H and O–H groups in total. The number of benzene rings is 1. The molecule has 1 aromatic rings. The van der Waals surface area contributed by atoms with Gasteiger partial charge in [-0.25, -0.2) is 32.8 Å². The molecule has 3 aliphatic rings. The molecule has 12 nitrogen and oxygen atoms in total. The molecule has 4 rings (SSSR count). The van der Waals surface area contributed by atoms with E-state index in [4.69, 9.17) is 10.9 Å². The summed E-state index contributed by atoms with van der Waals surface area (Å²) in [7, 11) is -8.27. The van der Waals surface area contributed by atoms with E-state index in [1.165, 1.54) is 6.07 Å². The second kappa shape index (κ2) is 8.29. The molecule has 0 saturated carbocycles. The van der Waals surface area contributed by atoms with Gasteiger partial charge in [-0.3, -0.25) is 0 Å². The van der Waals surface area contributed by atoms with Crippen molar-refractivity contribution >= 4 is 25.5 Å². The summed E-state index contributed by atoms with van der Waals surface area (Å²) >= 11 is 0. The third-order valence-corrected chi connectivity index (χ3v) is 9.05. The molecule has 0 aromatic heterocycles. The van der Waals surface area contributed by atoms with Crippen LogP contribution < -0.4 is 43.0 Å². The van der Waals surface area contributed by atoms with Crippen molar-refractivity contribution in [2.45, 2.75) is 46.5 Å². The molecule has 1 atom stereocenters. The van der Waals surface area contributed by atoms with E-state index in [-0.39, 0.29) is 34.5 Å². The van der Waals surface area contributed by atoms with Crippen LogP contribution in [0, 0.1) is 0 Å². The zero-order chi connectivity index (χ0) is 21.5. The summed E-state index contributed by atoms with van der Waals surface area (Å²) in [6.45, 7) is 1.75. The van der Waals surface area contributed by atoms with Gasteiger partial charge in [-0.2, -0.15) is 11.1 Å². The maximum atomic E-state index is 13.2. The van der Waals surface area contributed by atoms with Gasteiger partial charge >= 0.3 is 0 Å². The van der Waals surface area contributed by atoms with Gasteiger partial charge in [0.15, 0.2) is 9.84 Å². The van der Waals surface area contributed by atoms with Crippen LogP contribution in [0.5, 0.6) is 0 Å². The van der Waals surface area contributed by atoms with E-state index in [1.54, 1.807) is 6.07 Å². The van der Waals surface area contributed by atoms with Crippen LogP contribution >= 0.6 is 0 Å². The SMILES string of the molecule is NC1CCCCN(c2ccc(S(=O)(=O)C3CNC3)c(S(N)(=O)=O)c2C2NNNN2)C1. The Morgan fingerprint density at radius 3 is 2.33 bits per heavy atom. The van der Waals surface area contributed by atoms with Crippen LogP contribution in [0.15, 0.2) is 21.9 Å². The summed E-state index contributed by atoms with van der Waals surface area (Å²) < 4.78 is 51.8. The fourth-order valence-corrected chi connectivity index (χ4v) is 7.33. The second-order valence-electron chi connectivity index (χ2n) is 7.87. The highest BCUT2D eigenvalue weighted by atomic mass is 32.2. The van der Waals surface area contributed by atoms with Crippen LogP contribution in [0.25, 0.3) is 0 Å². The Labute approximate surface area is 176 Å². The number of sulfone groups is 1. The number of rotatable bonds is 5. The van der Waals surface area contributed by atoms with Crippen molar-refractivity contribution in [2.75, 3.05) is 31.1 Å². The van der Waals surface area contributed by atoms with Crippen LogP contribution in [0.4, 0.5) is 5.69 Å². The third kappa shape index (κ3) is 4.06. The van der Waals surface area contributed by atoms with Gasteiger partial charge in [0.25, 0.3) is 0 Å². The van der Waals surface area contributed by atoms with Crippen LogP contribution in [0.1, 0.15) is 31.0 Å². The fraction of sp³-hybridized carbons (Fsp3) is 0.625. The van der Waals surface area contributed by atoms with Crippen molar-refractivity contribution in [1.29, 1.82) is 0 Å². The molecule has 30 heavy (non-hydrogen) atoms. The normalized spacial score (nSPS) is 24.6. The molecule has 0 aliphatic carbocycles. The minimum Gasteiger partial charge on any atom is -0.370 e. The van der Waals surface area contributed by atoms with Crippen LogP contribution in [0.2, 0.25) is 0 Å². The maximum absolute atomic E-state index is 13.2.